The van der Waals surface area contributed by atoms with E-state index < -0.39 is 11.2 Å². The Kier molecular flexibility index (Phi) is 5.32. The highest BCUT2D eigenvalue weighted by atomic mass is 16.5. The SMILES string of the molecule is OCCC1(CC2(CCO)CCc3cc(O)ccc3O2)CCc2cc(O)ccc2O1. The topological polar surface area (TPSA) is 99.4 Å². The number of hydrogen-bond donors (Lipinski definition) is 4. The number of hydrogen-bond acceptors (Lipinski definition) is 6. The number of phenols is 2. The van der Waals surface area contributed by atoms with E-state index in [2.05, 4.69) is 0 Å². The van der Waals surface area contributed by atoms with Gasteiger partial charge in [0.25, 0.3) is 0 Å². The molecule has 156 valence electrons. The largest absolute Gasteiger partial charge is 0.508 e. The van der Waals surface area contributed by atoms with Gasteiger partial charge in [0.1, 0.15) is 34.2 Å². The summed E-state index contributed by atoms with van der Waals surface area (Å²) in [6, 6.07) is 10.2. The van der Waals surface area contributed by atoms with Gasteiger partial charge in [0.2, 0.25) is 0 Å². The number of aliphatic hydroxyl groups is 2. The zero-order valence-electron chi connectivity index (χ0n) is 16.4. The number of aryl methyl sites for hydroxylation is 2. The monoisotopic (exact) mass is 400 g/mol. The Morgan fingerprint density at radius 1 is 0.724 bits per heavy atom. The lowest BCUT2D eigenvalue weighted by molar-refractivity contribution is -0.0731. The van der Waals surface area contributed by atoms with E-state index in [9.17, 15) is 20.4 Å². The third-order valence-electron chi connectivity index (χ3n) is 6.22. The third kappa shape index (κ3) is 4.00. The molecule has 2 aliphatic rings. The molecule has 2 aliphatic heterocycles. The van der Waals surface area contributed by atoms with Crippen LogP contribution in [0.15, 0.2) is 36.4 Å². The smallest absolute Gasteiger partial charge is 0.123 e. The average molecular weight is 400 g/mol. The minimum absolute atomic E-state index is 0.00686. The molecule has 4 rings (SSSR count). The van der Waals surface area contributed by atoms with Crippen LogP contribution in [0.3, 0.4) is 0 Å². The molecule has 6 nitrogen and oxygen atoms in total. The Morgan fingerprint density at radius 3 is 1.59 bits per heavy atom. The van der Waals surface area contributed by atoms with Crippen LogP contribution in [0.5, 0.6) is 23.0 Å². The first-order chi connectivity index (χ1) is 14.0. The van der Waals surface area contributed by atoms with Crippen LogP contribution in [0.4, 0.5) is 0 Å². The number of phenolic OH excluding ortho intramolecular Hbond substituents is 2. The van der Waals surface area contributed by atoms with Crippen molar-refractivity contribution in [1.82, 2.24) is 0 Å². The summed E-state index contributed by atoms with van der Waals surface area (Å²) in [6.07, 6.45) is 4.35. The summed E-state index contributed by atoms with van der Waals surface area (Å²) in [6.45, 7) is -0.0137. The number of rotatable bonds is 6. The quantitative estimate of drug-likeness (QED) is 0.595. The molecule has 0 saturated heterocycles. The number of aliphatic hydroxyl groups excluding tert-OH is 2. The molecule has 4 N–H and O–H groups in total. The zero-order valence-corrected chi connectivity index (χ0v) is 16.4. The molecule has 0 saturated carbocycles. The minimum atomic E-state index is -0.609. The van der Waals surface area contributed by atoms with Gasteiger partial charge in [-0.3, -0.25) is 0 Å². The van der Waals surface area contributed by atoms with Crippen molar-refractivity contribution in [2.45, 2.75) is 56.1 Å². The summed E-state index contributed by atoms with van der Waals surface area (Å²) in [7, 11) is 0. The molecule has 0 bridgehead atoms. The van der Waals surface area contributed by atoms with Crippen LogP contribution in [0.2, 0.25) is 0 Å². The molecule has 6 heteroatoms. The Labute approximate surface area is 170 Å². The van der Waals surface area contributed by atoms with Gasteiger partial charge < -0.3 is 29.9 Å². The summed E-state index contributed by atoms with van der Waals surface area (Å²) in [4.78, 5) is 0. The summed E-state index contributed by atoms with van der Waals surface area (Å²) in [5.41, 5.74) is 0.699. The summed E-state index contributed by atoms with van der Waals surface area (Å²) in [5, 5.41) is 39.0. The Bertz CT molecular complexity index is 810. The number of benzene rings is 2. The molecule has 2 heterocycles. The van der Waals surface area contributed by atoms with Crippen LogP contribution in [-0.4, -0.2) is 44.8 Å². The van der Waals surface area contributed by atoms with Crippen LogP contribution < -0.4 is 9.47 Å². The van der Waals surface area contributed by atoms with Gasteiger partial charge in [0, 0.05) is 32.5 Å². The molecule has 2 aromatic rings. The van der Waals surface area contributed by atoms with Crippen LogP contribution in [0.1, 0.15) is 43.2 Å². The van der Waals surface area contributed by atoms with Crippen molar-refractivity contribution in [3.05, 3.63) is 47.5 Å². The fraction of sp³-hybridized carbons (Fsp3) is 0.478. The van der Waals surface area contributed by atoms with E-state index in [-0.39, 0.29) is 24.7 Å². The van der Waals surface area contributed by atoms with Crippen molar-refractivity contribution < 1.29 is 29.9 Å². The van der Waals surface area contributed by atoms with Crippen molar-refractivity contribution in [1.29, 1.82) is 0 Å². The summed E-state index contributed by atoms with van der Waals surface area (Å²) >= 11 is 0. The van der Waals surface area contributed by atoms with Crippen LogP contribution >= 0.6 is 0 Å². The minimum Gasteiger partial charge on any atom is -0.508 e. The van der Waals surface area contributed by atoms with Crippen LogP contribution in [0.25, 0.3) is 0 Å². The lowest BCUT2D eigenvalue weighted by Crippen LogP contribution is -2.52. The lowest BCUT2D eigenvalue weighted by atomic mass is 9.75. The van der Waals surface area contributed by atoms with E-state index in [1.165, 1.54) is 0 Å². The highest BCUT2D eigenvalue weighted by Crippen LogP contribution is 2.46. The number of aromatic hydroxyl groups is 2. The van der Waals surface area contributed by atoms with Gasteiger partial charge in [-0.2, -0.15) is 0 Å². The van der Waals surface area contributed by atoms with E-state index in [1.807, 2.05) is 0 Å². The van der Waals surface area contributed by atoms with Gasteiger partial charge in [-0.1, -0.05) is 0 Å². The fourth-order valence-electron chi connectivity index (χ4n) is 4.79. The summed E-state index contributed by atoms with van der Waals surface area (Å²) in [5.74, 6) is 1.88. The standard InChI is InChI=1S/C23H28O6/c24-11-9-22(7-5-16-13-18(26)1-3-20(16)28-22)15-23(10-12-25)8-6-17-14-19(27)2-4-21(17)29-23/h1-4,13-14,24-27H,5-12,15H2. The Hall–Kier alpha value is -2.44. The second-order valence-electron chi connectivity index (χ2n) is 8.28. The van der Waals surface area contributed by atoms with Crippen molar-refractivity contribution in [2.24, 2.45) is 0 Å². The van der Waals surface area contributed by atoms with Crippen molar-refractivity contribution in [2.75, 3.05) is 13.2 Å². The summed E-state index contributed by atoms with van der Waals surface area (Å²) < 4.78 is 12.8. The molecule has 0 radical (unpaired) electrons. The molecule has 2 aromatic carbocycles. The van der Waals surface area contributed by atoms with E-state index >= 15 is 0 Å². The molecule has 2 unspecified atom stereocenters. The molecule has 29 heavy (non-hydrogen) atoms. The first-order valence-corrected chi connectivity index (χ1v) is 10.2. The van der Waals surface area contributed by atoms with E-state index in [0.29, 0.717) is 32.1 Å². The van der Waals surface area contributed by atoms with Gasteiger partial charge in [0.15, 0.2) is 0 Å². The Morgan fingerprint density at radius 2 is 1.17 bits per heavy atom. The van der Waals surface area contributed by atoms with E-state index in [1.54, 1.807) is 36.4 Å². The molecule has 0 spiro atoms. The maximum Gasteiger partial charge on any atom is 0.123 e. The van der Waals surface area contributed by atoms with Crippen molar-refractivity contribution >= 4 is 0 Å². The van der Waals surface area contributed by atoms with Crippen LogP contribution in [0, 0.1) is 0 Å². The lowest BCUT2D eigenvalue weighted by Gasteiger charge is -2.47. The predicted octanol–water partition coefficient (Wildman–Crippen LogP) is 3.08. The molecule has 0 aromatic heterocycles. The van der Waals surface area contributed by atoms with E-state index in [0.717, 1.165) is 35.5 Å². The first-order valence-electron chi connectivity index (χ1n) is 10.2. The maximum atomic E-state index is 9.77. The van der Waals surface area contributed by atoms with Crippen molar-refractivity contribution in [3.8, 4) is 23.0 Å². The molecule has 0 amide bonds. The number of ether oxygens (including phenoxy) is 2. The molecular weight excluding hydrogens is 372 g/mol. The molecule has 0 aliphatic carbocycles. The maximum absolute atomic E-state index is 9.77. The second-order valence-corrected chi connectivity index (χ2v) is 8.28. The van der Waals surface area contributed by atoms with Gasteiger partial charge in [0.05, 0.1) is 0 Å². The van der Waals surface area contributed by atoms with Gasteiger partial charge in [-0.05, 0) is 73.2 Å². The average Bonchev–Trinajstić information content (AvgIpc) is 2.69. The fourth-order valence-corrected chi connectivity index (χ4v) is 4.79. The first kappa shape index (κ1) is 19.9. The predicted molar refractivity (Wildman–Crippen MR) is 108 cm³/mol. The highest BCUT2D eigenvalue weighted by Gasteiger charge is 2.47. The molecule has 2 atom stereocenters. The van der Waals surface area contributed by atoms with Crippen LogP contribution in [-0.2, 0) is 12.8 Å². The second kappa shape index (κ2) is 7.76. The third-order valence-corrected chi connectivity index (χ3v) is 6.22. The Balaban J connectivity index is 1.63. The van der Waals surface area contributed by atoms with Crippen molar-refractivity contribution in [3.63, 3.8) is 0 Å². The van der Waals surface area contributed by atoms with Gasteiger partial charge in [-0.15, -0.1) is 0 Å². The molecular formula is C23H28O6. The highest BCUT2D eigenvalue weighted by molar-refractivity contribution is 5.43. The normalized spacial score (nSPS) is 25.4. The number of fused-ring (bicyclic) bond motifs is 2. The molecule has 0 fully saturated rings. The van der Waals surface area contributed by atoms with E-state index in [4.69, 9.17) is 9.47 Å². The zero-order chi connectivity index (χ0) is 20.5. The van der Waals surface area contributed by atoms with Gasteiger partial charge in [-0.25, -0.2) is 0 Å². The van der Waals surface area contributed by atoms with Gasteiger partial charge >= 0.3 is 0 Å².